The molecule has 0 aliphatic heterocycles. The molecule has 0 saturated heterocycles. The zero-order valence-corrected chi connectivity index (χ0v) is 30.9. The van der Waals surface area contributed by atoms with Gasteiger partial charge in [0.25, 0.3) is 8.32 Å². The fourth-order valence-electron chi connectivity index (χ4n) is 6.42. The molecule has 0 amide bonds. The van der Waals surface area contributed by atoms with Gasteiger partial charge in [0.15, 0.2) is 6.61 Å². The molecule has 5 rings (SSSR count). The first-order valence-electron chi connectivity index (χ1n) is 16.7. The standard InChI is InChI=1S/C41H41FNO5PSi/c1-29(2)40-36(39(30-22-24-31(42)25-23-30)35-19-12-13-21-37(35)43-40)20-14-26-47-49(46)28-32(27-38(44)45)48-50(41(3,4)5,33-15-8-6-9-16-33)34-17-10-7-11-18-34/h6-13,15-19,21-25,29,32H,26-28H2,1-5H3/p+1. The van der Waals surface area contributed by atoms with E-state index in [1.807, 2.05) is 98.8 Å². The third-order valence-corrected chi connectivity index (χ3v) is 14.8. The Hall–Kier alpha value is -4.51. The van der Waals surface area contributed by atoms with E-state index >= 15 is 0 Å². The van der Waals surface area contributed by atoms with Crippen molar-refractivity contribution in [1.82, 2.24) is 4.98 Å². The zero-order chi connectivity index (χ0) is 35.9. The number of carboxylic acids is 1. The van der Waals surface area contributed by atoms with Crippen LogP contribution in [0.5, 0.6) is 0 Å². The van der Waals surface area contributed by atoms with Gasteiger partial charge in [-0.2, -0.15) is 0 Å². The highest BCUT2D eigenvalue weighted by Gasteiger charge is 2.52. The number of hydrogen-bond donors (Lipinski definition) is 1. The summed E-state index contributed by atoms with van der Waals surface area (Å²) in [6.07, 6.45) is -1.32. The van der Waals surface area contributed by atoms with Gasteiger partial charge >= 0.3 is 14.0 Å². The van der Waals surface area contributed by atoms with Crippen LogP contribution in [0.3, 0.4) is 0 Å². The largest absolute Gasteiger partial charge is 0.511 e. The molecule has 6 nitrogen and oxygen atoms in total. The summed E-state index contributed by atoms with van der Waals surface area (Å²) < 4.78 is 40.1. The normalized spacial score (nSPS) is 12.7. The lowest BCUT2D eigenvalue weighted by molar-refractivity contribution is -0.138. The lowest BCUT2D eigenvalue weighted by Gasteiger charge is -2.44. The van der Waals surface area contributed by atoms with Crippen LogP contribution >= 0.6 is 8.03 Å². The number of fused-ring (bicyclic) bond motifs is 1. The average Bonchev–Trinajstić information content (AvgIpc) is 3.09. The predicted molar refractivity (Wildman–Crippen MR) is 201 cm³/mol. The smallest absolute Gasteiger partial charge is 0.481 e. The molecule has 0 saturated carbocycles. The van der Waals surface area contributed by atoms with Crippen LogP contribution in [0.4, 0.5) is 4.39 Å². The molecule has 50 heavy (non-hydrogen) atoms. The van der Waals surface area contributed by atoms with Crippen LogP contribution in [0, 0.1) is 17.7 Å². The number of rotatable bonds is 12. The predicted octanol–water partition coefficient (Wildman–Crippen LogP) is 8.69. The number of carbonyl (C=O) groups is 1. The topological polar surface area (TPSA) is 85.7 Å². The fraction of sp³-hybridized carbons (Fsp3) is 0.268. The number of pyridine rings is 1. The molecule has 256 valence electrons. The van der Waals surface area contributed by atoms with E-state index < -0.39 is 33.5 Å². The van der Waals surface area contributed by atoms with Crippen molar-refractivity contribution in [1.29, 1.82) is 0 Å². The van der Waals surface area contributed by atoms with Gasteiger partial charge in [0, 0.05) is 10.9 Å². The summed E-state index contributed by atoms with van der Waals surface area (Å²) in [4.78, 5) is 17.0. The van der Waals surface area contributed by atoms with Gasteiger partial charge in [-0.25, -0.2) is 4.39 Å². The van der Waals surface area contributed by atoms with Crippen LogP contribution in [-0.4, -0.2) is 43.2 Å². The first kappa shape index (κ1) is 36.8. The number of halogens is 1. The van der Waals surface area contributed by atoms with E-state index in [9.17, 15) is 18.9 Å². The van der Waals surface area contributed by atoms with E-state index in [1.165, 1.54) is 12.1 Å². The van der Waals surface area contributed by atoms with Gasteiger partial charge in [-0.15, -0.1) is 4.52 Å². The van der Waals surface area contributed by atoms with Crippen molar-refractivity contribution in [3.8, 4) is 23.0 Å². The van der Waals surface area contributed by atoms with E-state index in [0.29, 0.717) is 5.56 Å². The fourth-order valence-corrected chi connectivity index (χ4v) is 12.1. The Bertz CT molecular complexity index is 1980. The summed E-state index contributed by atoms with van der Waals surface area (Å²) in [7, 11) is -5.45. The maximum atomic E-state index is 13.9. The molecule has 0 spiro atoms. The van der Waals surface area contributed by atoms with E-state index in [-0.39, 0.29) is 30.9 Å². The molecule has 4 aromatic carbocycles. The second kappa shape index (κ2) is 16.0. The molecule has 2 atom stereocenters. The molecule has 0 fully saturated rings. The van der Waals surface area contributed by atoms with Crippen molar-refractivity contribution in [2.75, 3.05) is 12.8 Å². The Morgan fingerprint density at radius 3 is 2.04 bits per heavy atom. The zero-order valence-electron chi connectivity index (χ0n) is 29.0. The summed E-state index contributed by atoms with van der Waals surface area (Å²) in [5, 5.41) is 12.4. The van der Waals surface area contributed by atoms with Crippen molar-refractivity contribution in [3.05, 3.63) is 126 Å². The Morgan fingerprint density at radius 2 is 1.48 bits per heavy atom. The van der Waals surface area contributed by atoms with Crippen LogP contribution in [0.1, 0.15) is 58.2 Å². The number of para-hydroxylation sites is 1. The van der Waals surface area contributed by atoms with Gasteiger partial charge in [0.2, 0.25) is 6.16 Å². The van der Waals surface area contributed by atoms with E-state index in [1.54, 1.807) is 12.1 Å². The number of aromatic nitrogens is 1. The Kier molecular flexibility index (Phi) is 11.8. The lowest BCUT2D eigenvalue weighted by atomic mass is 9.91. The molecular weight excluding hydrogens is 665 g/mol. The highest BCUT2D eigenvalue weighted by molar-refractivity contribution is 7.39. The number of nitrogens with zero attached hydrogens (tertiary/aromatic N) is 1. The third-order valence-electron chi connectivity index (χ3n) is 8.61. The molecule has 9 heteroatoms. The van der Waals surface area contributed by atoms with Crippen LogP contribution in [0.15, 0.2) is 109 Å². The monoisotopic (exact) mass is 706 g/mol. The minimum Gasteiger partial charge on any atom is -0.481 e. The van der Waals surface area contributed by atoms with Crippen molar-refractivity contribution in [2.24, 2.45) is 0 Å². The molecule has 0 aliphatic rings. The summed E-state index contributed by atoms with van der Waals surface area (Å²) in [6.45, 7) is 10.3. The first-order chi connectivity index (χ1) is 23.9. The summed E-state index contributed by atoms with van der Waals surface area (Å²) in [5.41, 5.74) is 3.95. The van der Waals surface area contributed by atoms with Crippen LogP contribution in [0.25, 0.3) is 22.0 Å². The first-order valence-corrected chi connectivity index (χ1v) is 19.9. The second-order valence-corrected chi connectivity index (χ2v) is 19.1. The summed E-state index contributed by atoms with van der Waals surface area (Å²) in [5.74, 6) is 4.92. The second-order valence-electron chi connectivity index (χ2n) is 13.5. The molecule has 5 aromatic rings. The third kappa shape index (κ3) is 8.26. The van der Waals surface area contributed by atoms with Gasteiger partial charge in [-0.1, -0.05) is 137 Å². The molecule has 0 aliphatic carbocycles. The van der Waals surface area contributed by atoms with Gasteiger partial charge < -0.3 is 9.53 Å². The molecule has 1 N–H and O–H groups in total. The van der Waals surface area contributed by atoms with Crippen LogP contribution in [-0.2, 0) is 18.3 Å². The number of carboxylic acid groups (broad SMARTS) is 1. The maximum Gasteiger partial charge on any atom is 0.511 e. The van der Waals surface area contributed by atoms with Gasteiger partial charge in [-0.05, 0) is 49.7 Å². The molecule has 2 unspecified atom stereocenters. The summed E-state index contributed by atoms with van der Waals surface area (Å²) >= 11 is 0. The Labute approximate surface area is 295 Å². The van der Waals surface area contributed by atoms with Crippen molar-refractivity contribution in [3.63, 3.8) is 0 Å². The number of hydrogen-bond acceptors (Lipinski definition) is 5. The van der Waals surface area contributed by atoms with E-state index in [4.69, 9.17) is 13.9 Å². The Balaban J connectivity index is 1.44. The lowest BCUT2D eigenvalue weighted by Crippen LogP contribution is -2.68. The molecule has 0 radical (unpaired) electrons. The molecule has 0 bridgehead atoms. The van der Waals surface area contributed by atoms with Crippen LogP contribution < -0.4 is 10.4 Å². The SMILES string of the molecule is CC(C)c1nc2ccccc2c(-c2ccc(F)cc2)c1C#CCO[P+](=O)CC(CC(=O)O)O[Si](c1ccccc1)(c1ccccc1)C(C)(C)C. The van der Waals surface area contributed by atoms with E-state index in [0.717, 1.165) is 38.1 Å². The minimum absolute atomic E-state index is 0.0380. The average molecular weight is 707 g/mol. The highest BCUT2D eigenvalue weighted by Crippen LogP contribution is 2.39. The molecule has 1 heterocycles. The highest BCUT2D eigenvalue weighted by atomic mass is 31.1. The summed E-state index contributed by atoms with van der Waals surface area (Å²) in [6, 6.07) is 33.9. The molecule has 1 aromatic heterocycles. The maximum absolute atomic E-state index is 13.9. The van der Waals surface area contributed by atoms with Crippen molar-refractivity contribution >= 4 is 43.6 Å². The Morgan fingerprint density at radius 1 is 0.900 bits per heavy atom. The van der Waals surface area contributed by atoms with Crippen molar-refractivity contribution in [2.45, 2.75) is 58.1 Å². The van der Waals surface area contributed by atoms with Gasteiger partial charge in [0.05, 0.1) is 23.2 Å². The number of benzene rings is 4. The quantitative estimate of drug-likeness (QED) is 0.0794. The molecular formula is C41H42FNO5PSi+. The van der Waals surface area contributed by atoms with E-state index in [2.05, 4.69) is 32.6 Å². The number of aliphatic carboxylic acids is 1. The van der Waals surface area contributed by atoms with Gasteiger partial charge in [0.1, 0.15) is 11.9 Å². The van der Waals surface area contributed by atoms with Crippen LogP contribution in [0.2, 0.25) is 5.04 Å². The van der Waals surface area contributed by atoms with Crippen molar-refractivity contribution < 1.29 is 27.8 Å². The van der Waals surface area contributed by atoms with Gasteiger partial charge in [-0.3, -0.25) is 9.78 Å². The minimum atomic E-state index is -3.12.